The Bertz CT molecular complexity index is 648. The second kappa shape index (κ2) is 6.79. The highest BCUT2D eigenvalue weighted by molar-refractivity contribution is 6.00. The van der Waals surface area contributed by atoms with E-state index in [4.69, 9.17) is 0 Å². The fourth-order valence-corrected chi connectivity index (χ4v) is 1.94. The van der Waals surface area contributed by atoms with Crippen molar-refractivity contribution in [3.05, 3.63) is 59.4 Å². The summed E-state index contributed by atoms with van der Waals surface area (Å²) in [6.07, 6.45) is 2.04. The first kappa shape index (κ1) is 14.9. The van der Waals surface area contributed by atoms with Gasteiger partial charge in [-0.3, -0.25) is 14.6 Å². The van der Waals surface area contributed by atoms with E-state index in [1.54, 1.807) is 30.5 Å². The van der Waals surface area contributed by atoms with Crippen LogP contribution in [0.15, 0.2) is 42.6 Å². The van der Waals surface area contributed by atoms with Crippen molar-refractivity contribution in [2.45, 2.75) is 26.7 Å². The van der Waals surface area contributed by atoms with Gasteiger partial charge >= 0.3 is 0 Å². The second-order valence-corrected chi connectivity index (χ2v) is 4.97. The molecule has 0 bridgehead atoms. The van der Waals surface area contributed by atoms with Gasteiger partial charge in [0.1, 0.15) is 0 Å². The minimum Gasteiger partial charge on any atom is -0.324 e. The molecule has 21 heavy (non-hydrogen) atoms. The molecule has 0 unspecified atom stereocenters. The number of nitrogens with zero attached hydrogens (tertiary/aromatic N) is 1. The third-order valence-electron chi connectivity index (χ3n) is 3.23. The Kier molecular flexibility index (Phi) is 4.82. The zero-order valence-corrected chi connectivity index (χ0v) is 12.2. The van der Waals surface area contributed by atoms with E-state index in [1.165, 1.54) is 0 Å². The molecule has 2 aromatic rings. The maximum atomic E-state index is 12.0. The minimum absolute atomic E-state index is 0.0203. The fraction of sp³-hybridized carbons (Fsp3) is 0.235. The Morgan fingerprint density at radius 1 is 1.05 bits per heavy atom. The zero-order valence-electron chi connectivity index (χ0n) is 12.2. The second-order valence-electron chi connectivity index (χ2n) is 4.97. The molecule has 2 rings (SSSR count). The van der Waals surface area contributed by atoms with E-state index in [1.807, 2.05) is 26.0 Å². The Morgan fingerprint density at radius 2 is 1.76 bits per heavy atom. The van der Waals surface area contributed by atoms with Gasteiger partial charge in [0, 0.05) is 24.6 Å². The predicted molar refractivity (Wildman–Crippen MR) is 82.3 cm³/mol. The number of nitrogens with one attached hydrogen (secondary N) is 1. The average molecular weight is 282 g/mol. The lowest BCUT2D eigenvalue weighted by atomic mass is 10.0. The molecule has 4 nitrogen and oxygen atoms in total. The summed E-state index contributed by atoms with van der Waals surface area (Å²) >= 11 is 0. The number of aromatic nitrogens is 1. The molecule has 0 saturated heterocycles. The van der Waals surface area contributed by atoms with Crippen molar-refractivity contribution in [3.8, 4) is 0 Å². The van der Waals surface area contributed by atoms with Crippen molar-refractivity contribution in [1.82, 2.24) is 4.98 Å². The molecule has 4 heteroatoms. The average Bonchev–Trinajstić information content (AvgIpc) is 2.48. The third-order valence-corrected chi connectivity index (χ3v) is 3.23. The number of rotatable bonds is 5. The van der Waals surface area contributed by atoms with Crippen LogP contribution in [0.4, 0.5) is 5.69 Å². The highest BCUT2D eigenvalue weighted by Crippen LogP contribution is 2.12. The summed E-state index contributed by atoms with van der Waals surface area (Å²) < 4.78 is 0. The van der Waals surface area contributed by atoms with E-state index in [0.717, 1.165) is 11.3 Å². The number of hydrogen-bond acceptors (Lipinski definition) is 3. The summed E-state index contributed by atoms with van der Waals surface area (Å²) in [4.78, 5) is 28.0. The Balaban J connectivity index is 1.88. The fourth-order valence-electron chi connectivity index (χ4n) is 1.94. The molecule has 1 aromatic heterocycles. The molecule has 0 aliphatic heterocycles. The number of benzene rings is 1. The molecule has 0 fully saturated rings. The topological polar surface area (TPSA) is 59.1 Å². The lowest BCUT2D eigenvalue weighted by Crippen LogP contribution is -2.14. The van der Waals surface area contributed by atoms with Crippen LogP contribution in [0, 0.1) is 13.8 Å². The van der Waals surface area contributed by atoms with Gasteiger partial charge in [0.25, 0.3) is 0 Å². The number of pyridine rings is 1. The molecular formula is C17H18N2O2. The number of carbonyl (C=O) groups is 2. The number of aryl methyl sites for hydroxylation is 2. The number of anilines is 1. The van der Waals surface area contributed by atoms with Crippen LogP contribution in [0.1, 0.15) is 34.5 Å². The van der Waals surface area contributed by atoms with Crippen LogP contribution in [0.25, 0.3) is 0 Å². The number of carbonyl (C=O) groups excluding carboxylic acids is 2. The van der Waals surface area contributed by atoms with E-state index < -0.39 is 0 Å². The molecule has 108 valence electrons. The van der Waals surface area contributed by atoms with Crippen molar-refractivity contribution < 1.29 is 9.59 Å². The van der Waals surface area contributed by atoms with Gasteiger partial charge in [0.05, 0.1) is 11.4 Å². The first-order chi connectivity index (χ1) is 10.1. The SMILES string of the molecule is Cc1ccc(C(=O)CCC(=O)Nc2cccnc2C)cc1. The van der Waals surface area contributed by atoms with Crippen molar-refractivity contribution in [2.24, 2.45) is 0 Å². The molecule has 1 aromatic carbocycles. The van der Waals surface area contributed by atoms with Crippen LogP contribution in [-0.4, -0.2) is 16.7 Å². The first-order valence-electron chi connectivity index (χ1n) is 6.87. The summed E-state index contributed by atoms with van der Waals surface area (Å²) in [5, 5.41) is 2.77. The van der Waals surface area contributed by atoms with Crippen LogP contribution in [0.5, 0.6) is 0 Å². The monoisotopic (exact) mass is 282 g/mol. The molecule has 0 aliphatic carbocycles. The smallest absolute Gasteiger partial charge is 0.224 e. The molecule has 0 aliphatic rings. The summed E-state index contributed by atoms with van der Waals surface area (Å²) in [7, 11) is 0. The lowest BCUT2D eigenvalue weighted by molar-refractivity contribution is -0.116. The highest BCUT2D eigenvalue weighted by Gasteiger charge is 2.10. The van der Waals surface area contributed by atoms with Crippen molar-refractivity contribution in [1.29, 1.82) is 0 Å². The van der Waals surface area contributed by atoms with Gasteiger partial charge in [0.2, 0.25) is 5.91 Å². The summed E-state index contributed by atoms with van der Waals surface area (Å²) in [5.41, 5.74) is 3.20. The normalized spacial score (nSPS) is 10.2. The maximum Gasteiger partial charge on any atom is 0.224 e. The Labute approximate surface area is 124 Å². The van der Waals surface area contributed by atoms with Crippen LogP contribution in [0.3, 0.4) is 0 Å². The molecule has 0 radical (unpaired) electrons. The van der Waals surface area contributed by atoms with E-state index in [9.17, 15) is 9.59 Å². The quantitative estimate of drug-likeness (QED) is 0.856. The molecular weight excluding hydrogens is 264 g/mol. The summed E-state index contributed by atoms with van der Waals surface area (Å²) in [5.74, 6) is -0.195. The highest BCUT2D eigenvalue weighted by atomic mass is 16.2. The van der Waals surface area contributed by atoms with E-state index >= 15 is 0 Å². The third kappa shape index (κ3) is 4.24. The molecule has 1 N–H and O–H groups in total. The molecule has 0 saturated carbocycles. The lowest BCUT2D eigenvalue weighted by Gasteiger charge is -2.07. The minimum atomic E-state index is -0.174. The predicted octanol–water partition coefficient (Wildman–Crippen LogP) is 3.30. The molecule has 0 atom stereocenters. The standard InChI is InChI=1S/C17H18N2O2/c1-12-5-7-14(8-6-12)16(20)9-10-17(21)19-15-4-3-11-18-13(15)2/h3-8,11H,9-10H2,1-2H3,(H,19,21). The number of Topliss-reactive ketones (excluding diaryl/α,β-unsaturated/α-hetero) is 1. The van der Waals surface area contributed by atoms with Gasteiger partial charge < -0.3 is 5.32 Å². The van der Waals surface area contributed by atoms with Crippen LogP contribution in [0.2, 0.25) is 0 Å². The summed E-state index contributed by atoms with van der Waals surface area (Å²) in [6, 6.07) is 10.9. The van der Waals surface area contributed by atoms with E-state index in [2.05, 4.69) is 10.3 Å². The first-order valence-corrected chi connectivity index (χ1v) is 6.87. The number of hydrogen-bond donors (Lipinski definition) is 1. The van der Waals surface area contributed by atoms with Gasteiger partial charge in [-0.25, -0.2) is 0 Å². The zero-order chi connectivity index (χ0) is 15.2. The van der Waals surface area contributed by atoms with Crippen molar-refractivity contribution >= 4 is 17.4 Å². The van der Waals surface area contributed by atoms with Gasteiger partial charge in [0.15, 0.2) is 5.78 Å². The largest absolute Gasteiger partial charge is 0.324 e. The van der Waals surface area contributed by atoms with Gasteiger partial charge in [-0.15, -0.1) is 0 Å². The van der Waals surface area contributed by atoms with Crippen molar-refractivity contribution in [2.75, 3.05) is 5.32 Å². The molecule has 1 amide bonds. The van der Waals surface area contributed by atoms with Crippen molar-refractivity contribution in [3.63, 3.8) is 0 Å². The number of ketones is 1. The Morgan fingerprint density at radius 3 is 2.43 bits per heavy atom. The maximum absolute atomic E-state index is 12.0. The van der Waals surface area contributed by atoms with Gasteiger partial charge in [-0.2, -0.15) is 0 Å². The van der Waals surface area contributed by atoms with Gasteiger partial charge in [-0.05, 0) is 26.0 Å². The van der Waals surface area contributed by atoms with E-state index in [-0.39, 0.29) is 24.5 Å². The van der Waals surface area contributed by atoms with E-state index in [0.29, 0.717) is 11.3 Å². The molecule has 1 heterocycles. The summed E-state index contributed by atoms with van der Waals surface area (Å²) in [6.45, 7) is 3.80. The Hall–Kier alpha value is -2.49. The van der Waals surface area contributed by atoms with Gasteiger partial charge in [-0.1, -0.05) is 29.8 Å². The van der Waals surface area contributed by atoms with Crippen LogP contribution >= 0.6 is 0 Å². The number of amides is 1. The van der Waals surface area contributed by atoms with Crippen LogP contribution in [-0.2, 0) is 4.79 Å². The van der Waals surface area contributed by atoms with Crippen LogP contribution < -0.4 is 5.32 Å². The molecule has 0 spiro atoms.